The van der Waals surface area contributed by atoms with Crippen LogP contribution in [0.5, 0.6) is 0 Å². The predicted octanol–water partition coefficient (Wildman–Crippen LogP) is 4.20. The highest BCUT2D eigenvalue weighted by atomic mass is 15.0. The Kier molecular flexibility index (Phi) is 3.65. The van der Waals surface area contributed by atoms with E-state index in [1.54, 1.807) is 0 Å². The Balaban J connectivity index is 2.27. The van der Waals surface area contributed by atoms with Gasteiger partial charge >= 0.3 is 0 Å². The van der Waals surface area contributed by atoms with Crippen LogP contribution in [0.15, 0.2) is 61.3 Å². The molecule has 1 aromatic carbocycles. The van der Waals surface area contributed by atoms with Crippen molar-refractivity contribution in [3.63, 3.8) is 0 Å². The van der Waals surface area contributed by atoms with E-state index in [9.17, 15) is 0 Å². The van der Waals surface area contributed by atoms with E-state index in [0.717, 1.165) is 33.5 Å². The van der Waals surface area contributed by atoms with Crippen LogP contribution in [-0.2, 0) is 0 Å². The number of nitrogens with zero attached hydrogens (tertiary/aromatic N) is 2. The fourth-order valence-corrected chi connectivity index (χ4v) is 2.52. The number of aryl methyl sites for hydroxylation is 1. The highest BCUT2D eigenvalue weighted by Gasteiger charge is 2.12. The van der Waals surface area contributed by atoms with Crippen LogP contribution in [0.25, 0.3) is 22.0 Å². The highest BCUT2D eigenvalue weighted by Crippen LogP contribution is 2.33. The first-order valence-corrected chi connectivity index (χ1v) is 6.97. The number of rotatable bonds is 4. The van der Waals surface area contributed by atoms with Gasteiger partial charge in [-0.05, 0) is 24.4 Å². The Morgan fingerprint density at radius 3 is 2.57 bits per heavy atom. The zero-order valence-corrected chi connectivity index (χ0v) is 12.0. The molecule has 0 aliphatic carbocycles. The van der Waals surface area contributed by atoms with Crippen LogP contribution in [0.1, 0.15) is 5.69 Å². The summed E-state index contributed by atoms with van der Waals surface area (Å²) in [4.78, 5) is 9.19. The summed E-state index contributed by atoms with van der Waals surface area (Å²) in [5.41, 5.74) is 3.02. The van der Waals surface area contributed by atoms with Gasteiger partial charge in [-0.3, -0.25) is 4.98 Å². The molecular formula is C18H17N3. The smallest absolute Gasteiger partial charge is 0.134 e. The van der Waals surface area contributed by atoms with Gasteiger partial charge in [0.15, 0.2) is 0 Å². The lowest BCUT2D eigenvalue weighted by molar-refractivity contribution is 1.17. The lowest BCUT2D eigenvalue weighted by atomic mass is 10.0. The van der Waals surface area contributed by atoms with E-state index in [-0.39, 0.29) is 0 Å². The van der Waals surface area contributed by atoms with Gasteiger partial charge in [-0.2, -0.15) is 0 Å². The first-order chi connectivity index (χ1) is 10.3. The molecule has 0 aliphatic rings. The number of nitrogens with one attached hydrogen (secondary N) is 1. The fourth-order valence-electron chi connectivity index (χ4n) is 2.52. The average Bonchev–Trinajstić information content (AvgIpc) is 2.53. The van der Waals surface area contributed by atoms with Crippen LogP contribution in [0.4, 0.5) is 5.82 Å². The third-order valence-corrected chi connectivity index (χ3v) is 3.43. The first-order valence-electron chi connectivity index (χ1n) is 6.97. The fraction of sp³-hybridized carbons (Fsp3) is 0.111. The van der Waals surface area contributed by atoms with Crippen molar-refractivity contribution in [1.29, 1.82) is 0 Å². The molecule has 0 atom stereocenters. The molecule has 0 saturated carbocycles. The molecule has 3 aromatic rings. The summed E-state index contributed by atoms with van der Waals surface area (Å²) in [5.74, 6) is 0.891. The lowest BCUT2D eigenvalue weighted by Gasteiger charge is -2.14. The van der Waals surface area contributed by atoms with E-state index >= 15 is 0 Å². The molecule has 0 bridgehead atoms. The largest absolute Gasteiger partial charge is 0.366 e. The van der Waals surface area contributed by atoms with Gasteiger partial charge in [0.05, 0.1) is 5.69 Å². The molecular weight excluding hydrogens is 258 g/mol. The van der Waals surface area contributed by atoms with Gasteiger partial charge in [-0.15, -0.1) is 6.58 Å². The predicted molar refractivity (Wildman–Crippen MR) is 88.4 cm³/mol. The highest BCUT2D eigenvalue weighted by molar-refractivity contribution is 6.02. The van der Waals surface area contributed by atoms with Gasteiger partial charge in [0, 0.05) is 29.4 Å². The maximum absolute atomic E-state index is 4.72. The normalized spacial score (nSPS) is 10.5. The molecule has 0 unspecified atom stereocenters. The molecule has 0 aliphatic heterocycles. The molecule has 0 saturated heterocycles. The third-order valence-electron chi connectivity index (χ3n) is 3.43. The van der Waals surface area contributed by atoms with Gasteiger partial charge in [0.1, 0.15) is 5.82 Å². The van der Waals surface area contributed by atoms with Gasteiger partial charge in [0.25, 0.3) is 0 Å². The Morgan fingerprint density at radius 1 is 1.10 bits per heavy atom. The standard InChI is InChI=1S/C18H17N3/c1-3-11-20-18-15-9-5-4-8-14(15)17(13(2)21-18)16-10-6-7-12-19-16/h3-10,12H,1,11H2,2H3,(H,20,21). The summed E-state index contributed by atoms with van der Waals surface area (Å²) in [5, 5.41) is 5.57. The second kappa shape index (κ2) is 5.75. The molecule has 1 N–H and O–H groups in total. The summed E-state index contributed by atoms with van der Waals surface area (Å²) in [6, 6.07) is 14.2. The molecule has 2 heterocycles. The molecule has 0 amide bonds. The second-order valence-corrected chi connectivity index (χ2v) is 4.85. The summed E-state index contributed by atoms with van der Waals surface area (Å²) in [6.45, 7) is 6.46. The van der Waals surface area contributed by atoms with Crippen molar-refractivity contribution in [2.75, 3.05) is 11.9 Å². The van der Waals surface area contributed by atoms with Crippen LogP contribution in [-0.4, -0.2) is 16.5 Å². The van der Waals surface area contributed by atoms with Gasteiger partial charge in [-0.25, -0.2) is 4.98 Å². The average molecular weight is 275 g/mol. The van der Waals surface area contributed by atoms with Crippen LogP contribution in [0, 0.1) is 6.92 Å². The zero-order valence-electron chi connectivity index (χ0n) is 12.0. The van der Waals surface area contributed by atoms with E-state index < -0.39 is 0 Å². The zero-order chi connectivity index (χ0) is 14.7. The number of pyridine rings is 2. The maximum Gasteiger partial charge on any atom is 0.134 e. The third kappa shape index (κ3) is 2.50. The van der Waals surface area contributed by atoms with E-state index in [1.165, 1.54) is 0 Å². The topological polar surface area (TPSA) is 37.8 Å². The lowest BCUT2D eigenvalue weighted by Crippen LogP contribution is -2.03. The van der Waals surface area contributed by atoms with Crippen molar-refractivity contribution in [2.24, 2.45) is 0 Å². The monoisotopic (exact) mass is 275 g/mol. The summed E-state index contributed by atoms with van der Waals surface area (Å²) in [7, 11) is 0. The van der Waals surface area contributed by atoms with Crippen LogP contribution in [0.2, 0.25) is 0 Å². The Labute approximate surface area is 124 Å². The van der Waals surface area contributed by atoms with Crippen molar-refractivity contribution >= 4 is 16.6 Å². The maximum atomic E-state index is 4.72. The number of fused-ring (bicyclic) bond motifs is 1. The molecule has 2 aromatic heterocycles. The van der Waals surface area contributed by atoms with E-state index in [1.807, 2.05) is 49.5 Å². The minimum absolute atomic E-state index is 0.694. The Hall–Kier alpha value is -2.68. The molecule has 0 spiro atoms. The summed E-state index contributed by atoms with van der Waals surface area (Å²) in [6.07, 6.45) is 3.64. The molecule has 21 heavy (non-hydrogen) atoms. The summed E-state index contributed by atoms with van der Waals surface area (Å²) >= 11 is 0. The van der Waals surface area contributed by atoms with Crippen molar-refractivity contribution in [3.05, 3.63) is 67.0 Å². The van der Waals surface area contributed by atoms with Crippen molar-refractivity contribution in [3.8, 4) is 11.3 Å². The molecule has 0 radical (unpaired) electrons. The van der Waals surface area contributed by atoms with Crippen LogP contribution < -0.4 is 5.32 Å². The SMILES string of the molecule is C=CCNc1nc(C)c(-c2ccccn2)c2ccccc12. The van der Waals surface area contributed by atoms with Crippen molar-refractivity contribution < 1.29 is 0 Å². The minimum Gasteiger partial charge on any atom is -0.366 e. The van der Waals surface area contributed by atoms with Crippen LogP contribution in [0.3, 0.4) is 0 Å². The molecule has 3 nitrogen and oxygen atoms in total. The van der Waals surface area contributed by atoms with E-state index in [0.29, 0.717) is 6.54 Å². The van der Waals surface area contributed by atoms with E-state index in [2.05, 4.69) is 29.0 Å². The number of hydrogen-bond acceptors (Lipinski definition) is 3. The molecule has 3 heteroatoms. The quantitative estimate of drug-likeness (QED) is 0.725. The molecule has 104 valence electrons. The van der Waals surface area contributed by atoms with Gasteiger partial charge < -0.3 is 5.32 Å². The van der Waals surface area contributed by atoms with Crippen LogP contribution >= 0.6 is 0 Å². The minimum atomic E-state index is 0.694. The van der Waals surface area contributed by atoms with Crippen molar-refractivity contribution in [2.45, 2.75) is 6.92 Å². The van der Waals surface area contributed by atoms with Crippen molar-refractivity contribution in [1.82, 2.24) is 9.97 Å². The number of aromatic nitrogens is 2. The molecule has 0 fully saturated rings. The van der Waals surface area contributed by atoms with Gasteiger partial charge in [-0.1, -0.05) is 36.4 Å². The number of hydrogen-bond donors (Lipinski definition) is 1. The number of anilines is 1. The molecule has 3 rings (SSSR count). The Bertz CT molecular complexity index is 779. The second-order valence-electron chi connectivity index (χ2n) is 4.85. The van der Waals surface area contributed by atoms with E-state index in [4.69, 9.17) is 4.98 Å². The first kappa shape index (κ1) is 13.3. The summed E-state index contributed by atoms with van der Waals surface area (Å²) < 4.78 is 0. The van der Waals surface area contributed by atoms with Gasteiger partial charge in [0.2, 0.25) is 0 Å². The Morgan fingerprint density at radius 2 is 1.86 bits per heavy atom. The number of benzene rings is 1.